The van der Waals surface area contributed by atoms with Crippen molar-refractivity contribution in [1.29, 1.82) is 0 Å². The third-order valence-electron chi connectivity index (χ3n) is 2.85. The number of carbonyl (C=O) groups excluding carboxylic acids is 1. The molecule has 1 rings (SSSR count). The van der Waals surface area contributed by atoms with Crippen molar-refractivity contribution in [3.8, 4) is 0 Å². The zero-order valence-electron chi connectivity index (χ0n) is 9.83. The van der Waals surface area contributed by atoms with Gasteiger partial charge in [0.15, 0.2) is 0 Å². The third kappa shape index (κ3) is 4.20. The molecular formula is C12H22O3. The Morgan fingerprint density at radius 2 is 1.87 bits per heavy atom. The maximum atomic E-state index is 11.5. The minimum Gasteiger partial charge on any atom is -0.466 e. The molecule has 0 spiro atoms. The van der Waals surface area contributed by atoms with Crippen LogP contribution in [0.2, 0.25) is 0 Å². The first-order valence-corrected chi connectivity index (χ1v) is 6.06. The maximum absolute atomic E-state index is 11.5. The van der Waals surface area contributed by atoms with Gasteiger partial charge in [-0.1, -0.05) is 6.92 Å². The number of ether oxygens (including phenoxy) is 2. The monoisotopic (exact) mass is 214 g/mol. The lowest BCUT2D eigenvalue weighted by Crippen LogP contribution is -2.27. The number of rotatable bonds is 5. The Kier molecular flexibility index (Phi) is 5.69. The number of hydrogen-bond acceptors (Lipinski definition) is 3. The van der Waals surface area contributed by atoms with Crippen molar-refractivity contribution in [3.05, 3.63) is 0 Å². The Hall–Kier alpha value is -0.570. The Bertz CT molecular complexity index is 183. The van der Waals surface area contributed by atoms with Gasteiger partial charge in [-0.25, -0.2) is 0 Å². The molecule has 0 aromatic carbocycles. The van der Waals surface area contributed by atoms with E-state index >= 15 is 0 Å². The molecule has 15 heavy (non-hydrogen) atoms. The summed E-state index contributed by atoms with van der Waals surface area (Å²) >= 11 is 0. The van der Waals surface area contributed by atoms with Crippen LogP contribution in [0.5, 0.6) is 0 Å². The van der Waals surface area contributed by atoms with Crippen molar-refractivity contribution >= 4 is 5.97 Å². The fourth-order valence-corrected chi connectivity index (χ4v) is 2.01. The molecule has 1 aliphatic carbocycles. The average Bonchev–Trinajstić information content (AvgIpc) is 2.27. The lowest BCUT2D eigenvalue weighted by atomic mass is 9.87. The highest BCUT2D eigenvalue weighted by atomic mass is 16.5. The second kappa shape index (κ2) is 6.83. The van der Waals surface area contributed by atoms with Crippen molar-refractivity contribution in [2.45, 2.75) is 52.1 Å². The summed E-state index contributed by atoms with van der Waals surface area (Å²) < 4.78 is 10.7. The van der Waals surface area contributed by atoms with Gasteiger partial charge < -0.3 is 9.47 Å². The maximum Gasteiger partial charge on any atom is 0.308 e. The summed E-state index contributed by atoms with van der Waals surface area (Å²) in [7, 11) is 0. The fraction of sp³-hybridized carbons (Fsp3) is 0.917. The highest BCUT2D eigenvalue weighted by Crippen LogP contribution is 2.27. The second-order valence-corrected chi connectivity index (χ2v) is 4.10. The van der Waals surface area contributed by atoms with Gasteiger partial charge in [-0.2, -0.15) is 0 Å². The standard InChI is InChI=1S/C12H22O3/c1-3-9-15-11-7-5-10(6-8-11)12(13)14-4-2/h10-11H,3-9H2,1-2H3/t10-,11+. The van der Waals surface area contributed by atoms with E-state index in [-0.39, 0.29) is 11.9 Å². The lowest BCUT2D eigenvalue weighted by Gasteiger charge is -2.27. The van der Waals surface area contributed by atoms with Crippen LogP contribution in [0.25, 0.3) is 0 Å². The number of carbonyl (C=O) groups is 1. The summed E-state index contributed by atoms with van der Waals surface area (Å²) in [5, 5.41) is 0. The predicted molar refractivity (Wildman–Crippen MR) is 58.6 cm³/mol. The van der Waals surface area contributed by atoms with Gasteiger partial charge in [0.25, 0.3) is 0 Å². The SMILES string of the molecule is CCCO[C@H]1CC[C@@H](C(=O)OCC)CC1. The van der Waals surface area contributed by atoms with E-state index in [1.807, 2.05) is 6.92 Å². The molecule has 0 radical (unpaired) electrons. The summed E-state index contributed by atoms with van der Waals surface area (Å²) in [6.45, 7) is 5.30. The quantitative estimate of drug-likeness (QED) is 0.660. The molecule has 1 fully saturated rings. The van der Waals surface area contributed by atoms with Crippen LogP contribution in [0.1, 0.15) is 46.0 Å². The molecule has 0 N–H and O–H groups in total. The van der Waals surface area contributed by atoms with Crippen LogP contribution in [0.15, 0.2) is 0 Å². The molecule has 0 heterocycles. The predicted octanol–water partition coefficient (Wildman–Crippen LogP) is 2.53. The smallest absolute Gasteiger partial charge is 0.308 e. The molecule has 88 valence electrons. The van der Waals surface area contributed by atoms with E-state index in [0.717, 1.165) is 38.7 Å². The van der Waals surface area contributed by atoms with Crippen molar-refractivity contribution in [3.63, 3.8) is 0 Å². The second-order valence-electron chi connectivity index (χ2n) is 4.10. The molecule has 3 nitrogen and oxygen atoms in total. The first-order chi connectivity index (χ1) is 7.27. The average molecular weight is 214 g/mol. The minimum absolute atomic E-state index is 0.0218. The van der Waals surface area contributed by atoms with Crippen molar-refractivity contribution in [1.82, 2.24) is 0 Å². The van der Waals surface area contributed by atoms with Crippen LogP contribution in [0.3, 0.4) is 0 Å². The summed E-state index contributed by atoms with van der Waals surface area (Å²) in [4.78, 5) is 11.5. The molecule has 0 saturated heterocycles. The molecular weight excluding hydrogens is 192 g/mol. The first-order valence-electron chi connectivity index (χ1n) is 6.06. The van der Waals surface area contributed by atoms with Gasteiger partial charge in [0.2, 0.25) is 0 Å². The van der Waals surface area contributed by atoms with Crippen molar-refractivity contribution in [2.24, 2.45) is 5.92 Å². The third-order valence-corrected chi connectivity index (χ3v) is 2.85. The van der Waals surface area contributed by atoms with Crippen molar-refractivity contribution in [2.75, 3.05) is 13.2 Å². The van der Waals surface area contributed by atoms with E-state index in [1.165, 1.54) is 0 Å². The Morgan fingerprint density at radius 1 is 1.20 bits per heavy atom. The van der Waals surface area contributed by atoms with Crippen molar-refractivity contribution < 1.29 is 14.3 Å². The van der Waals surface area contributed by atoms with E-state index in [9.17, 15) is 4.79 Å². The molecule has 3 heteroatoms. The first kappa shape index (κ1) is 12.5. The van der Waals surface area contributed by atoms with E-state index < -0.39 is 0 Å². The normalized spacial score (nSPS) is 26.3. The number of esters is 1. The molecule has 1 aliphatic rings. The molecule has 1 saturated carbocycles. The van der Waals surface area contributed by atoms with Crippen LogP contribution in [-0.4, -0.2) is 25.3 Å². The zero-order valence-corrected chi connectivity index (χ0v) is 9.83. The molecule has 0 amide bonds. The fourth-order valence-electron chi connectivity index (χ4n) is 2.01. The Morgan fingerprint density at radius 3 is 2.40 bits per heavy atom. The number of hydrogen-bond donors (Lipinski definition) is 0. The summed E-state index contributed by atoms with van der Waals surface area (Å²) in [6, 6.07) is 0. The molecule has 0 aromatic rings. The van der Waals surface area contributed by atoms with Crippen LogP contribution in [-0.2, 0) is 14.3 Å². The van der Waals surface area contributed by atoms with Gasteiger partial charge in [0, 0.05) is 6.61 Å². The molecule has 0 unspecified atom stereocenters. The van der Waals surface area contributed by atoms with Crippen LogP contribution in [0, 0.1) is 5.92 Å². The highest BCUT2D eigenvalue weighted by molar-refractivity contribution is 5.72. The van der Waals surface area contributed by atoms with Gasteiger partial charge in [0.1, 0.15) is 0 Å². The molecule has 0 aliphatic heterocycles. The van der Waals surface area contributed by atoms with E-state index in [2.05, 4.69) is 6.92 Å². The summed E-state index contributed by atoms with van der Waals surface area (Å²) in [6.07, 6.45) is 5.29. The minimum atomic E-state index is -0.0218. The molecule has 0 aromatic heterocycles. The summed E-state index contributed by atoms with van der Waals surface area (Å²) in [5.41, 5.74) is 0. The molecule has 0 bridgehead atoms. The van der Waals surface area contributed by atoms with Gasteiger partial charge in [0.05, 0.1) is 18.6 Å². The Labute approximate surface area is 92.1 Å². The van der Waals surface area contributed by atoms with Crippen LogP contribution >= 0.6 is 0 Å². The van der Waals surface area contributed by atoms with E-state index in [4.69, 9.17) is 9.47 Å². The Balaban J connectivity index is 2.20. The summed E-state index contributed by atoms with van der Waals surface area (Å²) in [5.74, 6) is 0.0952. The van der Waals surface area contributed by atoms with E-state index in [0.29, 0.717) is 12.7 Å². The lowest BCUT2D eigenvalue weighted by molar-refractivity contribution is -0.150. The van der Waals surface area contributed by atoms with E-state index in [1.54, 1.807) is 0 Å². The largest absolute Gasteiger partial charge is 0.466 e. The molecule has 0 atom stereocenters. The van der Waals surface area contributed by atoms with Gasteiger partial charge in [-0.15, -0.1) is 0 Å². The zero-order chi connectivity index (χ0) is 11.1. The topological polar surface area (TPSA) is 35.5 Å². The van der Waals surface area contributed by atoms with Gasteiger partial charge >= 0.3 is 5.97 Å². The highest BCUT2D eigenvalue weighted by Gasteiger charge is 2.27. The van der Waals surface area contributed by atoms with Crippen LogP contribution in [0.4, 0.5) is 0 Å². The van der Waals surface area contributed by atoms with Gasteiger partial charge in [-0.05, 0) is 39.0 Å². The van der Waals surface area contributed by atoms with Gasteiger partial charge in [-0.3, -0.25) is 4.79 Å². The van der Waals surface area contributed by atoms with Crippen LogP contribution < -0.4 is 0 Å².